The van der Waals surface area contributed by atoms with Crippen LogP contribution in [0.3, 0.4) is 0 Å². The summed E-state index contributed by atoms with van der Waals surface area (Å²) in [7, 11) is -34.6. The number of amides is 1. The fraction of sp³-hybridized carbons (Fsp3) is 0.354. The summed E-state index contributed by atoms with van der Waals surface area (Å²) in [6.07, 6.45) is 5.18. The third kappa shape index (κ3) is 13.2. The maximum atomic E-state index is 14.2. The van der Waals surface area contributed by atoms with Crippen LogP contribution in [0.15, 0.2) is 115 Å². The lowest BCUT2D eigenvalue weighted by molar-refractivity contribution is -0.437. The van der Waals surface area contributed by atoms with E-state index >= 15 is 0 Å². The molecule has 0 aromatic heterocycles. The summed E-state index contributed by atoms with van der Waals surface area (Å²) >= 11 is 0. The van der Waals surface area contributed by atoms with Crippen molar-refractivity contribution in [3.05, 3.63) is 107 Å². The highest BCUT2D eigenvalue weighted by Gasteiger charge is 2.50. The Morgan fingerprint density at radius 3 is 1.61 bits per heavy atom. The summed E-state index contributed by atoms with van der Waals surface area (Å²) in [6, 6.07) is 8.20. The van der Waals surface area contributed by atoms with Crippen LogP contribution in [0, 0.1) is 5.41 Å². The first-order valence-electron chi connectivity index (χ1n) is 24.0. The number of hydrogen-bond donors (Lipinski definition) is 9. The van der Waals surface area contributed by atoms with E-state index in [-0.39, 0.29) is 92.5 Å². The number of fused-ring (bicyclic) bond motifs is 6. The molecule has 0 saturated carbocycles. The topological polar surface area (TPSA) is 453 Å². The predicted molar refractivity (Wildman–Crippen MR) is 295 cm³/mol. The number of anilines is 1. The van der Waals surface area contributed by atoms with Crippen molar-refractivity contribution in [2.75, 3.05) is 41.8 Å². The lowest BCUT2D eigenvalue weighted by atomic mass is 9.71. The number of hydrogen-bond acceptors (Lipinski definition) is 17. The smallest absolute Gasteiger partial charge is 0.319 e. The molecule has 0 saturated heterocycles. The summed E-state index contributed by atoms with van der Waals surface area (Å²) in [6.45, 7) is 5.11. The van der Waals surface area contributed by atoms with E-state index in [0.717, 1.165) is 12.1 Å². The Bertz CT molecular complexity index is 4450. The van der Waals surface area contributed by atoms with Gasteiger partial charge < -0.3 is 15.3 Å². The molecule has 1 unspecified atom stereocenters. The normalized spacial score (nSPS) is 19.8. The highest BCUT2D eigenvalue weighted by Crippen LogP contribution is 2.53. The average molecular weight is 1280 g/mol. The first-order chi connectivity index (χ1) is 37.3. The van der Waals surface area contributed by atoms with Gasteiger partial charge in [-0.2, -0.15) is 63.5 Å². The molecule has 2 aliphatic heterocycles. The molecule has 446 valence electrons. The third-order valence-electron chi connectivity index (χ3n) is 14.3. The van der Waals surface area contributed by atoms with Crippen LogP contribution < -0.4 is 10.2 Å². The fourth-order valence-corrected chi connectivity index (χ4v) is 14.9. The van der Waals surface area contributed by atoms with E-state index in [2.05, 4.69) is 5.32 Å². The molecule has 0 bridgehead atoms. The van der Waals surface area contributed by atoms with Crippen LogP contribution in [-0.2, 0) is 91.2 Å². The van der Waals surface area contributed by atoms with E-state index in [0.29, 0.717) is 12.1 Å². The van der Waals surface area contributed by atoms with Crippen molar-refractivity contribution in [3.8, 4) is 0 Å². The average Bonchev–Trinajstić information content (AvgIpc) is 3.16. The van der Waals surface area contributed by atoms with Crippen LogP contribution in [0.5, 0.6) is 0 Å². The molecule has 2 heterocycles. The number of carboxylic acids is 1. The van der Waals surface area contributed by atoms with Crippen LogP contribution in [0.25, 0.3) is 21.5 Å². The number of carboxylic acid groups (broad SMARTS) is 1. The summed E-state index contributed by atoms with van der Waals surface area (Å²) in [5, 5.41) is 12.6. The van der Waals surface area contributed by atoms with Crippen LogP contribution in [0.4, 0.5) is 11.4 Å². The second-order valence-electron chi connectivity index (χ2n) is 20.7. The molecule has 82 heavy (non-hydrogen) atoms. The minimum Gasteiger partial charge on any atom is -0.480 e. The van der Waals surface area contributed by atoms with Gasteiger partial charge in [-0.25, -0.2) is 0 Å². The molecule has 7 rings (SSSR count). The second-order valence-corrected chi connectivity index (χ2v) is 31.0. The van der Waals surface area contributed by atoms with Gasteiger partial charge in [-0.15, -0.1) is 0 Å². The van der Waals surface area contributed by atoms with Crippen LogP contribution >= 0.6 is 0 Å². The monoisotopic (exact) mass is 1280 g/mol. The highest BCUT2D eigenvalue weighted by molar-refractivity contribution is 7.87. The molecule has 27 nitrogen and oxygen atoms in total. The van der Waals surface area contributed by atoms with Crippen molar-refractivity contribution >= 4 is 121 Å². The minimum atomic E-state index is -5.19. The zero-order valence-corrected chi connectivity index (χ0v) is 49.2. The van der Waals surface area contributed by atoms with Gasteiger partial charge in [0.15, 0.2) is 11.1 Å². The van der Waals surface area contributed by atoms with Crippen molar-refractivity contribution in [1.29, 1.82) is 0 Å². The van der Waals surface area contributed by atoms with Gasteiger partial charge in [0, 0.05) is 64.8 Å². The van der Waals surface area contributed by atoms with E-state index < -0.39 is 155 Å². The van der Waals surface area contributed by atoms with Gasteiger partial charge in [-0.1, -0.05) is 38.1 Å². The molecule has 1 aliphatic carbocycles. The molecule has 0 fully saturated rings. The molecule has 9 N–H and O–H groups in total. The molecule has 4 aromatic carbocycles. The summed E-state index contributed by atoms with van der Waals surface area (Å²) in [5.74, 6) is -5.57. The molecule has 3 aliphatic rings. The second kappa shape index (κ2) is 21.6. The maximum Gasteiger partial charge on any atom is 0.319 e. The van der Waals surface area contributed by atoms with E-state index in [9.17, 15) is 105 Å². The number of benzene rings is 4. The number of nitrogens with zero attached hydrogens (tertiary/aromatic N) is 2. The zero-order chi connectivity index (χ0) is 61.5. The molecular weight excluding hydrogens is 1230 g/mol. The SMILES string of the molecule is CC1(C)C(/C=C/C2=CC(=C/C=C3/N(CCCS(=O)(=O)O)c4ccc5c(S(=O)(=O)O)cc(S(=O)(=O)O)cc5c4C3(C)C)/CC(C(=O)O)(C(=O)NCCS(=O)(=O)O)C2)=[N+](CCCS(=O)(=O)O)c2ccc3c(S(=O)(=O)O)cc(S(=O)(=O)O)cc3c21. The van der Waals surface area contributed by atoms with Gasteiger partial charge >= 0.3 is 5.97 Å². The van der Waals surface area contributed by atoms with E-state index in [1.54, 1.807) is 27.7 Å². The summed E-state index contributed by atoms with van der Waals surface area (Å²) in [5.41, 5.74) is -3.99. The Hall–Kier alpha value is -5.86. The van der Waals surface area contributed by atoms with Gasteiger partial charge in [0.05, 0.1) is 32.5 Å². The molecule has 0 spiro atoms. The predicted octanol–water partition coefficient (Wildman–Crippen LogP) is 3.87. The van der Waals surface area contributed by atoms with E-state index in [4.69, 9.17) is 0 Å². The van der Waals surface area contributed by atoms with Gasteiger partial charge in [0.2, 0.25) is 11.6 Å². The molecule has 4 aromatic rings. The standard InChI is InChI=1S/C48H53N3O24S7/c1-46(2)40(50(16-5-18-76(55,56)57)36-11-9-32-34(42(36)46)22-30(79(64,65)66)24-38(32)81(70,71)72)13-7-28-21-29(27-48(26-28,45(53)54)44(52)49-15-20-78(61,62)63)8-14-41-47(3,4)43-35-23-31(80(67,68)69)25-39(82(73,74)75)33(35)10-12-37(43)51(41)17-6-19-77(58,59)60/h7-14,21-25H,5-6,15-20,26-27H2,1-4H3,(H8-,49,52,53,54,55,56,57,58,59,60,61,62,63,64,65,66,67,68,69,70,71,72,73,74,75)/p+1. The van der Waals surface area contributed by atoms with Crippen LogP contribution in [-0.4, -0.2) is 155 Å². The first kappa shape index (κ1) is 63.7. The molecule has 1 amide bonds. The molecule has 34 heteroatoms. The quantitative estimate of drug-likeness (QED) is 0.0344. The highest BCUT2D eigenvalue weighted by atomic mass is 32.2. The Morgan fingerprint density at radius 1 is 0.598 bits per heavy atom. The number of allylic oxidation sites excluding steroid dienone is 8. The number of rotatable bonds is 20. The van der Waals surface area contributed by atoms with Crippen molar-refractivity contribution in [2.45, 2.75) is 83.8 Å². The number of aliphatic carboxylic acids is 1. The van der Waals surface area contributed by atoms with Crippen molar-refractivity contribution in [1.82, 2.24) is 5.32 Å². The zero-order valence-electron chi connectivity index (χ0n) is 43.4. The number of carbonyl (C=O) groups excluding carboxylic acids is 1. The number of carbonyl (C=O) groups is 2. The Balaban J connectivity index is 1.47. The van der Waals surface area contributed by atoms with Crippen molar-refractivity contribution in [2.24, 2.45) is 5.41 Å². The fourth-order valence-electron chi connectivity index (χ4n) is 10.9. The lowest BCUT2D eigenvalue weighted by Crippen LogP contribution is -2.49. The van der Waals surface area contributed by atoms with Gasteiger partial charge in [0.1, 0.15) is 16.3 Å². The van der Waals surface area contributed by atoms with E-state index in [1.807, 2.05) is 0 Å². The van der Waals surface area contributed by atoms with Gasteiger partial charge in [-0.3, -0.25) is 41.5 Å². The molecule has 0 radical (unpaired) electrons. The van der Waals surface area contributed by atoms with Gasteiger partial charge in [0.25, 0.3) is 70.8 Å². The largest absolute Gasteiger partial charge is 0.480 e. The molecule has 1 atom stereocenters. The Morgan fingerprint density at radius 2 is 1.11 bits per heavy atom. The van der Waals surface area contributed by atoms with Crippen molar-refractivity contribution < 1.29 is 110 Å². The number of nitrogens with one attached hydrogen (secondary N) is 1. The molecular formula is C48H54N3O24S7+. The third-order valence-corrected chi connectivity index (χ3v) is 20.1. The Labute approximate surface area is 471 Å². The van der Waals surface area contributed by atoms with E-state index in [1.165, 1.54) is 64.1 Å². The summed E-state index contributed by atoms with van der Waals surface area (Å²) in [4.78, 5) is 25.7. The maximum absolute atomic E-state index is 14.2. The summed E-state index contributed by atoms with van der Waals surface area (Å²) < 4.78 is 243. The first-order valence-corrected chi connectivity index (χ1v) is 34.6. The van der Waals surface area contributed by atoms with Crippen molar-refractivity contribution in [3.63, 3.8) is 0 Å². The lowest BCUT2D eigenvalue weighted by Gasteiger charge is -2.33. The Kier molecular flexibility index (Phi) is 16.8. The minimum absolute atomic E-state index is 0.0491. The van der Waals surface area contributed by atoms with Crippen LogP contribution in [0.2, 0.25) is 0 Å². The van der Waals surface area contributed by atoms with Gasteiger partial charge in [-0.05, 0) is 103 Å². The van der Waals surface area contributed by atoms with Crippen LogP contribution in [0.1, 0.15) is 64.5 Å².